The zero-order valence-corrected chi connectivity index (χ0v) is 20.3. The fourth-order valence-electron chi connectivity index (χ4n) is 2.52. The summed E-state index contributed by atoms with van der Waals surface area (Å²) in [6.45, 7) is 4.88. The normalized spacial score (nSPS) is 11.6. The van der Waals surface area contributed by atoms with Gasteiger partial charge in [0.2, 0.25) is 5.88 Å². The van der Waals surface area contributed by atoms with Gasteiger partial charge in [0.05, 0.1) is 30.9 Å². The van der Waals surface area contributed by atoms with Gasteiger partial charge in [-0.1, -0.05) is 56.0 Å². The quantitative estimate of drug-likeness (QED) is 0.397. The Morgan fingerprint density at radius 2 is 1.88 bits per heavy atom. The van der Waals surface area contributed by atoms with Gasteiger partial charge >= 0.3 is 6.09 Å². The molecule has 0 aliphatic carbocycles. The maximum Gasteiger partial charge on any atom is 0.421 e. The molecule has 0 saturated heterocycles. The van der Waals surface area contributed by atoms with Gasteiger partial charge in [-0.05, 0) is 36.6 Å². The lowest BCUT2D eigenvalue weighted by atomic mass is 10.2. The number of hydrogen-bond acceptors (Lipinski definition) is 6. The van der Waals surface area contributed by atoms with Gasteiger partial charge in [0.25, 0.3) is 10.0 Å². The van der Waals surface area contributed by atoms with Crippen LogP contribution in [0.25, 0.3) is 6.08 Å². The second-order valence-corrected chi connectivity index (χ2v) is 9.35. The number of nitrogens with zero attached hydrogens (tertiary/aromatic N) is 2. The molecule has 11 heteroatoms. The van der Waals surface area contributed by atoms with Crippen molar-refractivity contribution >= 4 is 45.4 Å². The van der Waals surface area contributed by atoms with Crippen LogP contribution >= 0.6 is 23.2 Å². The molecule has 0 unspecified atom stereocenters. The monoisotopic (exact) mass is 503 g/mol. The van der Waals surface area contributed by atoms with Gasteiger partial charge in [-0.15, -0.1) is 5.10 Å². The second kappa shape index (κ2) is 12.7. The molecule has 1 amide bonds. The fourth-order valence-corrected chi connectivity index (χ4v) is 3.66. The highest BCUT2D eigenvalue weighted by atomic mass is 35.5. The van der Waals surface area contributed by atoms with E-state index in [0.29, 0.717) is 34.6 Å². The Balaban J connectivity index is 2.20. The van der Waals surface area contributed by atoms with Crippen LogP contribution in [0.4, 0.5) is 4.79 Å². The molecule has 0 atom stereocenters. The number of unbranched alkanes of at least 4 members (excludes halogenated alkanes) is 2. The molecule has 0 aliphatic heterocycles. The highest BCUT2D eigenvalue weighted by molar-refractivity contribution is 7.93. The Hall–Kier alpha value is -2.23. The first-order chi connectivity index (χ1) is 15.2. The van der Waals surface area contributed by atoms with Crippen molar-refractivity contribution in [1.29, 1.82) is 0 Å². The van der Waals surface area contributed by atoms with E-state index in [9.17, 15) is 13.2 Å². The van der Waals surface area contributed by atoms with Crippen molar-refractivity contribution in [2.24, 2.45) is 0 Å². The number of carbonyl (C=O) groups is 1. The SMILES string of the molecule is CCCCOC(=O)NS(=O)(=O)/C=C/c1cc(OCCCC)nn1Cc1ccc(Cl)cc1Cl. The topological polar surface area (TPSA) is 99.5 Å². The van der Waals surface area contributed by atoms with E-state index < -0.39 is 16.1 Å². The molecule has 1 N–H and O–H groups in total. The first kappa shape index (κ1) is 26.0. The van der Waals surface area contributed by atoms with Crippen molar-refractivity contribution in [3.05, 3.63) is 51.0 Å². The highest BCUT2D eigenvalue weighted by Gasteiger charge is 2.14. The predicted octanol–water partition coefficient (Wildman–Crippen LogP) is 5.24. The standard InChI is InChI=1S/C21H27Cl2N3O5S/c1-3-5-10-30-20-14-18(9-12-32(28,29)25-21(27)31-11-6-4-2)26(24-20)15-16-7-8-17(22)13-19(16)23/h7-9,12-14H,3-6,10-11,15H2,1-2H3,(H,25,27)/b12-9+. The Labute approximate surface area is 198 Å². The van der Waals surface area contributed by atoms with Gasteiger partial charge in [-0.3, -0.25) is 4.68 Å². The summed E-state index contributed by atoms with van der Waals surface area (Å²) in [6.07, 6.45) is 3.60. The number of aromatic nitrogens is 2. The summed E-state index contributed by atoms with van der Waals surface area (Å²) in [5.41, 5.74) is 1.20. The van der Waals surface area contributed by atoms with Crippen molar-refractivity contribution in [1.82, 2.24) is 14.5 Å². The Kier molecular flexibility index (Phi) is 10.3. The largest absolute Gasteiger partial charge is 0.477 e. The van der Waals surface area contributed by atoms with E-state index >= 15 is 0 Å². The molecule has 0 radical (unpaired) electrons. The second-order valence-electron chi connectivity index (χ2n) is 6.94. The van der Waals surface area contributed by atoms with Crippen LogP contribution in [0.1, 0.15) is 50.8 Å². The molecule has 2 rings (SSSR count). The van der Waals surface area contributed by atoms with Crippen molar-refractivity contribution < 1.29 is 22.7 Å². The molecule has 2 aromatic rings. The summed E-state index contributed by atoms with van der Waals surface area (Å²) in [6, 6.07) is 6.71. The Bertz CT molecular complexity index is 1040. The minimum Gasteiger partial charge on any atom is -0.477 e. The van der Waals surface area contributed by atoms with E-state index in [0.717, 1.165) is 30.2 Å². The Morgan fingerprint density at radius 3 is 2.56 bits per heavy atom. The third-order valence-electron chi connectivity index (χ3n) is 4.25. The number of halogens is 2. The molecule has 0 saturated carbocycles. The molecule has 0 spiro atoms. The van der Waals surface area contributed by atoms with E-state index in [-0.39, 0.29) is 13.2 Å². The van der Waals surface area contributed by atoms with E-state index in [4.69, 9.17) is 32.7 Å². The molecule has 0 bridgehead atoms. The summed E-state index contributed by atoms with van der Waals surface area (Å²) in [7, 11) is -4.06. The van der Waals surface area contributed by atoms with Crippen LogP contribution in [0.3, 0.4) is 0 Å². The molecule has 8 nitrogen and oxygen atoms in total. The number of ether oxygens (including phenoxy) is 2. The molecule has 1 heterocycles. The number of carbonyl (C=O) groups excluding carboxylic acids is 1. The number of rotatable bonds is 12. The zero-order valence-electron chi connectivity index (χ0n) is 18.0. The highest BCUT2D eigenvalue weighted by Crippen LogP contribution is 2.23. The summed E-state index contributed by atoms with van der Waals surface area (Å²) < 4.78 is 38.3. The van der Waals surface area contributed by atoms with Crippen LogP contribution < -0.4 is 9.46 Å². The summed E-state index contributed by atoms with van der Waals surface area (Å²) >= 11 is 12.2. The van der Waals surface area contributed by atoms with Gasteiger partial charge in [0.15, 0.2) is 0 Å². The van der Waals surface area contributed by atoms with Crippen molar-refractivity contribution in [2.75, 3.05) is 13.2 Å². The van der Waals surface area contributed by atoms with E-state index in [1.165, 1.54) is 6.08 Å². The summed E-state index contributed by atoms with van der Waals surface area (Å²) in [5, 5.41) is 6.24. The van der Waals surface area contributed by atoms with Crippen LogP contribution in [0.15, 0.2) is 29.7 Å². The number of amides is 1. The smallest absolute Gasteiger partial charge is 0.421 e. The lowest BCUT2D eigenvalue weighted by Crippen LogP contribution is -2.29. The first-order valence-electron chi connectivity index (χ1n) is 10.3. The molecule has 0 fully saturated rings. The average molecular weight is 504 g/mol. The van der Waals surface area contributed by atoms with Crippen LogP contribution in [0, 0.1) is 0 Å². The molecular formula is C21H27Cl2N3O5S. The number of hydrogen-bond donors (Lipinski definition) is 1. The average Bonchev–Trinajstić information content (AvgIpc) is 3.10. The number of sulfonamides is 1. The third kappa shape index (κ3) is 8.72. The van der Waals surface area contributed by atoms with E-state index in [2.05, 4.69) is 5.10 Å². The number of nitrogens with one attached hydrogen (secondary N) is 1. The van der Waals surface area contributed by atoms with Crippen LogP contribution in [-0.4, -0.2) is 37.5 Å². The van der Waals surface area contributed by atoms with Gasteiger partial charge < -0.3 is 9.47 Å². The molecule has 1 aromatic heterocycles. The molecular weight excluding hydrogens is 477 g/mol. The van der Waals surface area contributed by atoms with Gasteiger partial charge in [-0.25, -0.2) is 17.9 Å². The Morgan fingerprint density at radius 1 is 1.16 bits per heavy atom. The molecule has 176 valence electrons. The van der Waals surface area contributed by atoms with E-state index in [1.807, 2.05) is 18.6 Å². The lowest BCUT2D eigenvalue weighted by Gasteiger charge is -2.08. The zero-order chi connectivity index (χ0) is 23.6. The minimum absolute atomic E-state index is 0.147. The maximum absolute atomic E-state index is 12.2. The summed E-state index contributed by atoms with van der Waals surface area (Å²) in [5.74, 6) is 0.354. The maximum atomic E-state index is 12.2. The predicted molar refractivity (Wildman–Crippen MR) is 126 cm³/mol. The van der Waals surface area contributed by atoms with E-state index in [1.54, 1.807) is 28.9 Å². The molecule has 0 aliphatic rings. The van der Waals surface area contributed by atoms with Crippen LogP contribution in [0.2, 0.25) is 10.0 Å². The van der Waals surface area contributed by atoms with Crippen molar-refractivity contribution in [3.8, 4) is 5.88 Å². The minimum atomic E-state index is -4.06. The van der Waals surface area contributed by atoms with Gasteiger partial charge in [-0.2, -0.15) is 0 Å². The van der Waals surface area contributed by atoms with Gasteiger partial charge in [0.1, 0.15) is 0 Å². The fraction of sp³-hybridized carbons (Fsp3) is 0.429. The van der Waals surface area contributed by atoms with Crippen LogP contribution in [0.5, 0.6) is 5.88 Å². The molecule has 1 aromatic carbocycles. The third-order valence-corrected chi connectivity index (χ3v) is 5.78. The first-order valence-corrected chi connectivity index (χ1v) is 12.6. The summed E-state index contributed by atoms with van der Waals surface area (Å²) in [4.78, 5) is 11.7. The molecule has 32 heavy (non-hydrogen) atoms. The lowest BCUT2D eigenvalue weighted by molar-refractivity contribution is 0.151. The van der Waals surface area contributed by atoms with Crippen molar-refractivity contribution in [2.45, 2.75) is 46.1 Å². The van der Waals surface area contributed by atoms with Crippen molar-refractivity contribution in [3.63, 3.8) is 0 Å². The number of benzene rings is 1. The van der Waals surface area contributed by atoms with Crippen LogP contribution in [-0.2, 0) is 21.3 Å². The van der Waals surface area contributed by atoms with Gasteiger partial charge in [0, 0.05) is 16.1 Å².